The van der Waals surface area contributed by atoms with Gasteiger partial charge in [0.2, 0.25) is 6.29 Å². The molecule has 0 spiro atoms. The molecule has 0 amide bonds. The molecule has 0 aromatic heterocycles. The third-order valence-electron chi connectivity index (χ3n) is 6.50. The van der Waals surface area contributed by atoms with Crippen LogP contribution in [0.2, 0.25) is 0 Å². The van der Waals surface area contributed by atoms with Crippen LogP contribution in [-0.2, 0) is 19.0 Å². The molecule has 2 saturated heterocycles. The van der Waals surface area contributed by atoms with Crippen LogP contribution in [0.25, 0.3) is 0 Å². The Morgan fingerprint density at radius 3 is 2.50 bits per heavy atom. The minimum absolute atomic E-state index is 0.0843. The van der Waals surface area contributed by atoms with E-state index < -0.39 is 12.1 Å². The van der Waals surface area contributed by atoms with Crippen LogP contribution in [0.3, 0.4) is 0 Å². The molecule has 5 nitrogen and oxygen atoms in total. The molecule has 1 aromatic carbocycles. The van der Waals surface area contributed by atoms with Crippen LogP contribution in [0.5, 0.6) is 0 Å². The molecule has 28 heavy (non-hydrogen) atoms. The molecule has 3 fully saturated rings. The molecule has 1 aromatic rings. The molecule has 0 unspecified atom stereocenters. The van der Waals surface area contributed by atoms with E-state index in [1.807, 2.05) is 32.0 Å². The molecule has 2 aliphatic heterocycles. The van der Waals surface area contributed by atoms with Gasteiger partial charge in [0.05, 0.1) is 12.1 Å². The van der Waals surface area contributed by atoms with Gasteiger partial charge in [-0.1, -0.05) is 57.5 Å². The van der Waals surface area contributed by atoms with E-state index in [1.54, 1.807) is 0 Å². The third-order valence-corrected chi connectivity index (χ3v) is 6.50. The van der Waals surface area contributed by atoms with Crippen molar-refractivity contribution in [2.75, 3.05) is 0 Å². The largest absolute Gasteiger partial charge is 0.345 e. The van der Waals surface area contributed by atoms with Crippen LogP contribution in [0.1, 0.15) is 65.5 Å². The van der Waals surface area contributed by atoms with Gasteiger partial charge in [-0.3, -0.25) is 4.84 Å². The van der Waals surface area contributed by atoms with Gasteiger partial charge < -0.3 is 14.2 Å². The van der Waals surface area contributed by atoms with Crippen molar-refractivity contribution in [1.29, 1.82) is 0 Å². The summed E-state index contributed by atoms with van der Waals surface area (Å²) in [5, 5.41) is 0. The standard InChI is InChI=1S/C23H35NO4/c1-14(2)17-12-11-15(3)13-18(17)25-22-21-20(26-23(4,5)27-21)19(24-28-22)16-9-7-6-8-10-16/h6-10,14-15,17-22,24H,11-13H2,1-5H3/t15-,17+,18-,19-,20+,21+,22+/m1/s1. The van der Waals surface area contributed by atoms with E-state index in [2.05, 4.69) is 38.4 Å². The van der Waals surface area contributed by atoms with Crippen molar-refractivity contribution >= 4 is 0 Å². The molecule has 1 saturated carbocycles. The second-order valence-electron chi connectivity index (χ2n) is 9.56. The van der Waals surface area contributed by atoms with Crippen LogP contribution in [0, 0.1) is 17.8 Å². The van der Waals surface area contributed by atoms with Gasteiger partial charge in [-0.25, -0.2) is 0 Å². The lowest BCUT2D eigenvalue weighted by molar-refractivity contribution is -0.292. The molecule has 156 valence electrons. The number of ether oxygens (including phenoxy) is 3. The minimum Gasteiger partial charge on any atom is -0.345 e. The lowest BCUT2D eigenvalue weighted by Gasteiger charge is -2.42. The number of benzene rings is 1. The highest BCUT2D eigenvalue weighted by Gasteiger charge is 2.54. The van der Waals surface area contributed by atoms with Crippen LogP contribution < -0.4 is 5.48 Å². The van der Waals surface area contributed by atoms with Gasteiger partial charge in [-0.15, -0.1) is 0 Å². The normalized spacial score (nSPS) is 40.4. The Bertz CT molecular complexity index is 649. The van der Waals surface area contributed by atoms with Gasteiger partial charge in [0.15, 0.2) is 5.79 Å². The molecule has 3 aliphatic rings. The Hall–Kier alpha value is -0.980. The van der Waals surface area contributed by atoms with E-state index in [4.69, 9.17) is 19.0 Å². The van der Waals surface area contributed by atoms with Crippen molar-refractivity contribution in [3.8, 4) is 0 Å². The van der Waals surface area contributed by atoms with Gasteiger partial charge in [0.25, 0.3) is 0 Å². The predicted molar refractivity (Wildman–Crippen MR) is 107 cm³/mol. The fourth-order valence-electron chi connectivity index (χ4n) is 5.03. The molecule has 0 radical (unpaired) electrons. The quantitative estimate of drug-likeness (QED) is 0.816. The summed E-state index contributed by atoms with van der Waals surface area (Å²) in [7, 11) is 0. The molecule has 1 aliphatic carbocycles. The zero-order valence-corrected chi connectivity index (χ0v) is 17.8. The maximum Gasteiger partial charge on any atom is 0.206 e. The maximum atomic E-state index is 6.58. The lowest BCUT2D eigenvalue weighted by atomic mass is 9.75. The Labute approximate surface area is 169 Å². The summed E-state index contributed by atoms with van der Waals surface area (Å²) in [6.45, 7) is 10.8. The highest BCUT2D eigenvalue weighted by atomic mass is 16.8. The Balaban J connectivity index is 1.53. The van der Waals surface area contributed by atoms with Crippen molar-refractivity contribution in [3.63, 3.8) is 0 Å². The molecule has 4 rings (SSSR count). The molecule has 7 atom stereocenters. The number of hydroxylamine groups is 1. The first-order chi connectivity index (χ1) is 13.3. The molecule has 5 heteroatoms. The summed E-state index contributed by atoms with van der Waals surface area (Å²) >= 11 is 0. The number of nitrogens with one attached hydrogen (secondary N) is 1. The Kier molecular flexibility index (Phi) is 5.83. The summed E-state index contributed by atoms with van der Waals surface area (Å²) in [6, 6.07) is 10.2. The molecule has 0 bridgehead atoms. The summed E-state index contributed by atoms with van der Waals surface area (Å²) < 4.78 is 19.1. The second kappa shape index (κ2) is 8.04. The van der Waals surface area contributed by atoms with Gasteiger partial charge in [-0.05, 0) is 50.0 Å². The van der Waals surface area contributed by atoms with Crippen LogP contribution in [0.4, 0.5) is 0 Å². The highest BCUT2D eigenvalue weighted by molar-refractivity contribution is 5.21. The Morgan fingerprint density at radius 1 is 1.07 bits per heavy atom. The average Bonchev–Trinajstić information content (AvgIpc) is 2.98. The van der Waals surface area contributed by atoms with E-state index >= 15 is 0 Å². The molecule has 1 N–H and O–H groups in total. The first kappa shape index (κ1) is 20.3. The maximum absolute atomic E-state index is 6.58. The van der Waals surface area contributed by atoms with E-state index in [0.717, 1.165) is 12.0 Å². The summed E-state index contributed by atoms with van der Waals surface area (Å²) in [5.74, 6) is 1.18. The Morgan fingerprint density at radius 2 is 1.79 bits per heavy atom. The topological polar surface area (TPSA) is 49.0 Å². The zero-order chi connectivity index (χ0) is 19.9. The SMILES string of the molecule is CC(C)[C@@H]1CC[C@@H](C)C[C@H]1O[C@H]1ON[C@H](c2ccccc2)[C@@H]2OC(C)(C)O[C@H]12. The predicted octanol–water partition coefficient (Wildman–Crippen LogP) is 4.59. The van der Waals surface area contributed by atoms with Gasteiger partial charge in [0.1, 0.15) is 12.2 Å². The zero-order valence-electron chi connectivity index (χ0n) is 17.8. The second-order valence-corrected chi connectivity index (χ2v) is 9.56. The average molecular weight is 390 g/mol. The molecular formula is C23H35NO4. The number of hydrogen-bond donors (Lipinski definition) is 1. The minimum atomic E-state index is -0.656. The lowest BCUT2D eigenvalue weighted by Crippen LogP contribution is -2.55. The molecular weight excluding hydrogens is 354 g/mol. The van der Waals surface area contributed by atoms with Crippen LogP contribution in [0.15, 0.2) is 30.3 Å². The number of fused-ring (bicyclic) bond motifs is 1. The van der Waals surface area contributed by atoms with E-state index in [9.17, 15) is 0 Å². The fraction of sp³-hybridized carbons (Fsp3) is 0.739. The highest BCUT2D eigenvalue weighted by Crippen LogP contribution is 2.42. The van der Waals surface area contributed by atoms with E-state index in [1.165, 1.54) is 12.8 Å². The number of hydrogen-bond acceptors (Lipinski definition) is 5. The summed E-state index contributed by atoms with van der Waals surface area (Å²) in [5.41, 5.74) is 4.34. The van der Waals surface area contributed by atoms with E-state index in [-0.39, 0.29) is 24.4 Å². The van der Waals surface area contributed by atoms with Crippen molar-refractivity contribution in [1.82, 2.24) is 5.48 Å². The number of rotatable bonds is 4. The van der Waals surface area contributed by atoms with Crippen LogP contribution >= 0.6 is 0 Å². The smallest absolute Gasteiger partial charge is 0.206 e. The summed E-state index contributed by atoms with van der Waals surface area (Å²) in [6.07, 6.45) is 2.88. The van der Waals surface area contributed by atoms with Crippen molar-refractivity contribution in [2.24, 2.45) is 17.8 Å². The first-order valence-corrected chi connectivity index (χ1v) is 10.8. The van der Waals surface area contributed by atoms with Crippen molar-refractivity contribution < 1.29 is 19.0 Å². The molecule has 2 heterocycles. The summed E-state index contributed by atoms with van der Waals surface area (Å²) in [4.78, 5) is 6.04. The fourth-order valence-corrected chi connectivity index (χ4v) is 5.03. The van der Waals surface area contributed by atoms with E-state index in [0.29, 0.717) is 17.8 Å². The monoisotopic (exact) mass is 389 g/mol. The van der Waals surface area contributed by atoms with Gasteiger partial charge >= 0.3 is 0 Å². The van der Waals surface area contributed by atoms with Crippen LogP contribution in [-0.4, -0.2) is 30.4 Å². The van der Waals surface area contributed by atoms with Crippen molar-refractivity contribution in [3.05, 3.63) is 35.9 Å². The van der Waals surface area contributed by atoms with Gasteiger partial charge in [0, 0.05) is 0 Å². The third kappa shape index (κ3) is 4.14. The van der Waals surface area contributed by atoms with Gasteiger partial charge in [-0.2, -0.15) is 5.48 Å². The first-order valence-electron chi connectivity index (χ1n) is 10.8. The van der Waals surface area contributed by atoms with Crippen molar-refractivity contribution in [2.45, 2.75) is 90.3 Å².